The zero-order valence-corrected chi connectivity index (χ0v) is 23.0. The molecule has 1 N–H and O–H groups in total. The number of rotatable bonds is 7. The number of halogens is 1. The predicted octanol–water partition coefficient (Wildman–Crippen LogP) is 4.61. The molecule has 0 saturated heterocycles. The number of nitrogens with zero attached hydrogens (tertiary/aromatic N) is 4. The number of likely N-dealkylation sites (N-methyl/N-ethyl adjacent to an activating group) is 1. The second-order valence-electron chi connectivity index (χ2n) is 9.48. The lowest BCUT2D eigenvalue weighted by molar-refractivity contribution is -0.124. The van der Waals surface area contributed by atoms with Gasteiger partial charge in [-0.1, -0.05) is 54.1 Å². The summed E-state index contributed by atoms with van der Waals surface area (Å²) in [5.41, 5.74) is 5.55. The van der Waals surface area contributed by atoms with Gasteiger partial charge in [-0.3, -0.25) is 9.36 Å². The SMILES string of the molecule is C[C@@H](C=O)N(C)C(=O)ON[C@H]1COc2ccccc2N(Cc2c(Cl)n(-c3ccccc3C#N)c3ccccc23)C1=O. The molecule has 4 aromatic rings. The fourth-order valence-corrected chi connectivity index (χ4v) is 4.98. The van der Waals surface area contributed by atoms with E-state index in [1.165, 1.54) is 11.9 Å². The van der Waals surface area contributed by atoms with Gasteiger partial charge >= 0.3 is 6.09 Å². The Bertz CT molecular complexity index is 1680. The molecule has 1 aliphatic rings. The van der Waals surface area contributed by atoms with Crippen LogP contribution >= 0.6 is 11.6 Å². The van der Waals surface area contributed by atoms with Gasteiger partial charge in [-0.25, -0.2) is 4.79 Å². The lowest BCUT2D eigenvalue weighted by atomic mass is 10.1. The Morgan fingerprint density at radius 2 is 1.85 bits per heavy atom. The van der Waals surface area contributed by atoms with E-state index < -0.39 is 24.1 Å². The van der Waals surface area contributed by atoms with E-state index in [1.54, 1.807) is 47.9 Å². The Balaban J connectivity index is 1.53. The molecule has 5 rings (SSSR count). The molecular weight excluding hydrogens is 546 g/mol. The van der Waals surface area contributed by atoms with Gasteiger partial charge in [-0.2, -0.15) is 5.26 Å². The van der Waals surface area contributed by atoms with Crippen molar-refractivity contribution in [3.63, 3.8) is 0 Å². The number of fused-ring (bicyclic) bond motifs is 2. The van der Waals surface area contributed by atoms with E-state index in [-0.39, 0.29) is 13.2 Å². The molecule has 1 aliphatic heterocycles. The summed E-state index contributed by atoms with van der Waals surface area (Å²) in [5.74, 6) is 0.0528. The van der Waals surface area contributed by atoms with Gasteiger partial charge in [-0.15, -0.1) is 5.48 Å². The van der Waals surface area contributed by atoms with Crippen LogP contribution in [-0.2, 0) is 21.0 Å². The maximum Gasteiger partial charge on any atom is 0.429 e. The Labute approximate surface area is 241 Å². The smallest absolute Gasteiger partial charge is 0.429 e. The molecule has 3 aromatic carbocycles. The number of aldehydes is 1. The average Bonchev–Trinajstić information content (AvgIpc) is 3.20. The van der Waals surface area contributed by atoms with Gasteiger partial charge in [0.25, 0.3) is 5.91 Å². The van der Waals surface area contributed by atoms with Gasteiger partial charge in [0, 0.05) is 18.0 Å². The van der Waals surface area contributed by atoms with Crippen molar-refractivity contribution in [2.24, 2.45) is 0 Å². The van der Waals surface area contributed by atoms with Crippen molar-refractivity contribution in [3.05, 3.63) is 89.1 Å². The second-order valence-corrected chi connectivity index (χ2v) is 9.84. The third-order valence-corrected chi connectivity index (χ3v) is 7.40. The number of nitriles is 1. The quantitative estimate of drug-likeness (QED) is 0.254. The first kappa shape index (κ1) is 27.7. The number of hydrogen-bond acceptors (Lipinski definition) is 7. The molecule has 10 nitrogen and oxygen atoms in total. The van der Waals surface area contributed by atoms with Crippen molar-refractivity contribution in [3.8, 4) is 17.5 Å². The maximum absolute atomic E-state index is 13.9. The molecular formula is C30H26ClN5O5. The van der Waals surface area contributed by atoms with Gasteiger partial charge in [-0.05, 0) is 37.3 Å². The van der Waals surface area contributed by atoms with Gasteiger partial charge < -0.3 is 24.2 Å². The van der Waals surface area contributed by atoms with Gasteiger partial charge in [0.1, 0.15) is 29.9 Å². The highest BCUT2D eigenvalue weighted by Crippen LogP contribution is 2.38. The Morgan fingerprint density at radius 1 is 1.17 bits per heavy atom. The van der Waals surface area contributed by atoms with Gasteiger partial charge in [0.2, 0.25) is 0 Å². The summed E-state index contributed by atoms with van der Waals surface area (Å²) in [5, 5.41) is 10.9. The number of carbonyl (C=O) groups is 3. The van der Waals surface area contributed by atoms with Crippen molar-refractivity contribution < 1.29 is 24.0 Å². The van der Waals surface area contributed by atoms with E-state index in [9.17, 15) is 19.6 Å². The maximum atomic E-state index is 13.9. The van der Waals surface area contributed by atoms with Gasteiger partial charge in [0.15, 0.2) is 6.04 Å². The van der Waals surface area contributed by atoms with E-state index in [4.69, 9.17) is 21.2 Å². The normalized spacial score (nSPS) is 15.3. The van der Waals surface area contributed by atoms with E-state index in [0.29, 0.717) is 39.7 Å². The highest BCUT2D eigenvalue weighted by Gasteiger charge is 2.34. The van der Waals surface area contributed by atoms with E-state index >= 15 is 0 Å². The Morgan fingerprint density at radius 3 is 2.61 bits per heavy atom. The van der Waals surface area contributed by atoms with E-state index in [1.807, 2.05) is 36.4 Å². The summed E-state index contributed by atoms with van der Waals surface area (Å²) in [6.45, 7) is 1.49. The molecule has 11 heteroatoms. The monoisotopic (exact) mass is 571 g/mol. The number of benzene rings is 3. The number of anilines is 1. The number of aromatic nitrogens is 1. The largest absolute Gasteiger partial charge is 0.489 e. The highest BCUT2D eigenvalue weighted by atomic mass is 35.5. The molecule has 0 unspecified atom stereocenters. The molecule has 208 valence electrons. The van der Waals surface area contributed by atoms with Gasteiger partial charge in [0.05, 0.1) is 35.0 Å². The van der Waals surface area contributed by atoms with E-state index in [2.05, 4.69) is 11.5 Å². The average molecular weight is 572 g/mol. The number of para-hydroxylation sites is 4. The predicted molar refractivity (Wildman–Crippen MR) is 153 cm³/mol. The molecule has 2 heterocycles. The van der Waals surface area contributed by atoms with Crippen LogP contribution in [0, 0.1) is 11.3 Å². The zero-order chi connectivity index (χ0) is 29.1. The number of hydrogen-bond donors (Lipinski definition) is 1. The molecule has 2 amide bonds. The van der Waals surface area contributed by atoms with Crippen LogP contribution in [0.5, 0.6) is 5.75 Å². The first-order valence-electron chi connectivity index (χ1n) is 12.8. The summed E-state index contributed by atoms with van der Waals surface area (Å²) in [7, 11) is 1.42. The van der Waals surface area contributed by atoms with Crippen molar-refractivity contribution in [2.45, 2.75) is 25.6 Å². The number of nitrogens with one attached hydrogen (secondary N) is 1. The summed E-state index contributed by atoms with van der Waals surface area (Å²) >= 11 is 7.03. The van der Waals surface area contributed by atoms with Crippen molar-refractivity contribution >= 4 is 46.5 Å². The Hall–Kier alpha value is -4.85. The third kappa shape index (κ3) is 5.20. The number of amides is 2. The van der Waals surface area contributed by atoms with E-state index in [0.717, 1.165) is 15.8 Å². The third-order valence-electron chi connectivity index (χ3n) is 7.01. The lowest BCUT2D eigenvalue weighted by Gasteiger charge is -2.25. The molecule has 0 aliphatic carbocycles. The molecule has 1 aromatic heterocycles. The standard InChI is InChI=1S/C30H26ClN5O5/c1-19(17-37)34(2)30(39)41-33-23-18-40-27-14-8-7-13-26(27)35(29(23)38)16-22-21-10-4-6-12-25(21)36(28(22)31)24-11-5-3-9-20(24)15-32/h3-14,17,19,23,33H,16,18H2,1-2H3/t19-,23-/m0/s1. The molecule has 0 fully saturated rings. The van der Waals surface area contributed by atoms with Crippen molar-refractivity contribution in [1.82, 2.24) is 14.9 Å². The van der Waals surface area contributed by atoms with Crippen LogP contribution in [0.1, 0.15) is 18.1 Å². The summed E-state index contributed by atoms with van der Waals surface area (Å²) in [6.07, 6.45) is -0.220. The number of ether oxygens (including phenoxy) is 1. The molecule has 41 heavy (non-hydrogen) atoms. The topological polar surface area (TPSA) is 117 Å². The number of hydroxylamine groups is 1. The van der Waals surface area contributed by atoms with Crippen LogP contribution < -0.4 is 15.1 Å². The van der Waals surface area contributed by atoms with Crippen molar-refractivity contribution in [1.29, 1.82) is 5.26 Å². The van der Waals surface area contributed by atoms with Crippen LogP contribution in [0.3, 0.4) is 0 Å². The lowest BCUT2D eigenvalue weighted by Crippen LogP contribution is -2.50. The fourth-order valence-electron chi connectivity index (χ4n) is 4.63. The van der Waals surface area contributed by atoms with Crippen LogP contribution in [-0.4, -0.2) is 53.5 Å². The highest BCUT2D eigenvalue weighted by molar-refractivity contribution is 6.32. The van der Waals surface area contributed by atoms with Crippen LogP contribution in [0.15, 0.2) is 72.8 Å². The number of carbonyl (C=O) groups excluding carboxylic acids is 3. The summed E-state index contributed by atoms with van der Waals surface area (Å²) < 4.78 is 7.73. The second kappa shape index (κ2) is 11.7. The van der Waals surface area contributed by atoms with Crippen LogP contribution in [0.25, 0.3) is 16.6 Å². The van der Waals surface area contributed by atoms with Crippen LogP contribution in [0.2, 0.25) is 5.15 Å². The minimum atomic E-state index is -1.06. The van der Waals surface area contributed by atoms with Crippen LogP contribution in [0.4, 0.5) is 10.5 Å². The fraction of sp³-hybridized carbons (Fsp3) is 0.200. The first-order valence-corrected chi connectivity index (χ1v) is 13.2. The molecule has 0 radical (unpaired) electrons. The molecule has 0 saturated carbocycles. The van der Waals surface area contributed by atoms with Crippen molar-refractivity contribution in [2.75, 3.05) is 18.6 Å². The molecule has 2 atom stereocenters. The summed E-state index contributed by atoms with van der Waals surface area (Å²) in [6, 6.07) is 22.3. The minimum Gasteiger partial charge on any atom is -0.489 e. The zero-order valence-electron chi connectivity index (χ0n) is 22.3. The minimum absolute atomic E-state index is 0.0640. The Kier molecular flexibility index (Phi) is 7.92. The molecule has 0 spiro atoms. The molecule has 0 bridgehead atoms. The summed E-state index contributed by atoms with van der Waals surface area (Å²) in [4.78, 5) is 45.2. The first-order chi connectivity index (χ1) is 19.8.